The summed E-state index contributed by atoms with van der Waals surface area (Å²) in [7, 11) is 0. The van der Waals surface area contributed by atoms with E-state index in [0.29, 0.717) is 0 Å². The molecule has 1 heteroatoms. The highest BCUT2D eigenvalue weighted by Gasteiger charge is 2.29. The van der Waals surface area contributed by atoms with Gasteiger partial charge in [0.05, 0.1) is 6.61 Å². The van der Waals surface area contributed by atoms with E-state index in [0.717, 1.165) is 18.8 Å². The molecule has 0 fully saturated rings. The monoisotopic (exact) mass is 232 g/mol. The predicted octanol–water partition coefficient (Wildman–Crippen LogP) is 4.22. The topological polar surface area (TPSA) is 9.23 Å². The molecule has 1 nitrogen and oxygen atoms in total. The average molecular weight is 232 g/mol. The van der Waals surface area contributed by atoms with E-state index in [1.165, 1.54) is 16.7 Å². The molecular weight excluding hydrogens is 208 g/mol. The molecule has 1 aliphatic rings. The minimum Gasteiger partial charge on any atom is -0.493 e. The van der Waals surface area contributed by atoms with Crippen molar-refractivity contribution in [3.8, 4) is 5.75 Å². The van der Waals surface area contributed by atoms with Crippen LogP contribution in [0.3, 0.4) is 0 Å². The van der Waals surface area contributed by atoms with E-state index in [1.54, 1.807) is 0 Å². The van der Waals surface area contributed by atoms with Crippen molar-refractivity contribution in [2.45, 2.75) is 58.8 Å². The van der Waals surface area contributed by atoms with Crippen molar-refractivity contribution in [3.63, 3.8) is 0 Å². The highest BCUT2D eigenvalue weighted by atomic mass is 16.5. The Labute approximate surface area is 105 Å². The molecule has 0 spiro atoms. The van der Waals surface area contributed by atoms with Gasteiger partial charge in [0.25, 0.3) is 0 Å². The zero-order chi connectivity index (χ0) is 12.8. The van der Waals surface area contributed by atoms with Gasteiger partial charge in [-0.15, -0.1) is 0 Å². The van der Waals surface area contributed by atoms with Crippen LogP contribution in [0.25, 0.3) is 0 Å². The minimum atomic E-state index is 0.158. The quantitative estimate of drug-likeness (QED) is 0.651. The first-order valence-corrected chi connectivity index (χ1v) is 6.51. The molecule has 0 atom stereocenters. The van der Waals surface area contributed by atoms with Crippen LogP contribution in [0, 0.1) is 0 Å². The van der Waals surface area contributed by atoms with Crippen LogP contribution in [0.2, 0.25) is 0 Å². The third-order valence-corrected chi connectivity index (χ3v) is 3.47. The normalized spacial score (nSPS) is 15.6. The lowest BCUT2D eigenvalue weighted by Crippen LogP contribution is -2.17. The van der Waals surface area contributed by atoms with E-state index in [1.807, 2.05) is 0 Å². The smallest absolute Gasteiger partial charge is 0.126 e. The Bertz CT molecular complexity index is 389. The van der Waals surface area contributed by atoms with Crippen molar-refractivity contribution in [3.05, 3.63) is 28.8 Å². The molecule has 94 valence electrons. The fourth-order valence-electron chi connectivity index (χ4n) is 2.59. The predicted molar refractivity (Wildman–Crippen MR) is 73.0 cm³/mol. The molecule has 0 saturated carbocycles. The third-order valence-electron chi connectivity index (χ3n) is 3.47. The van der Waals surface area contributed by atoms with Crippen LogP contribution in [0.5, 0.6) is 5.75 Å². The number of rotatable bonds is 0. The summed E-state index contributed by atoms with van der Waals surface area (Å²) in [5, 5.41) is 0. The van der Waals surface area contributed by atoms with Crippen molar-refractivity contribution in [2.75, 3.05) is 6.61 Å². The molecule has 0 saturated heterocycles. The van der Waals surface area contributed by atoms with Crippen LogP contribution < -0.4 is 4.74 Å². The Morgan fingerprint density at radius 1 is 0.882 bits per heavy atom. The Morgan fingerprint density at radius 3 is 1.94 bits per heavy atom. The number of benzene rings is 1. The Kier molecular flexibility index (Phi) is 2.76. The molecule has 0 aliphatic carbocycles. The first-order valence-electron chi connectivity index (χ1n) is 6.51. The summed E-state index contributed by atoms with van der Waals surface area (Å²) in [6.07, 6.45) is 1.06. The molecule has 17 heavy (non-hydrogen) atoms. The van der Waals surface area contributed by atoms with E-state index in [4.69, 9.17) is 4.74 Å². The van der Waals surface area contributed by atoms with Crippen LogP contribution in [0.15, 0.2) is 12.1 Å². The number of ether oxygens (including phenoxy) is 1. The molecule has 0 aromatic heterocycles. The fraction of sp³-hybridized carbons (Fsp3) is 0.625. The summed E-state index contributed by atoms with van der Waals surface area (Å²) in [6, 6.07) is 4.55. The van der Waals surface area contributed by atoms with Gasteiger partial charge in [0.2, 0.25) is 0 Å². The maximum absolute atomic E-state index is 5.89. The van der Waals surface area contributed by atoms with Crippen LogP contribution in [-0.2, 0) is 17.3 Å². The molecule has 0 amide bonds. The Balaban J connectivity index is 2.62. The highest BCUT2D eigenvalue weighted by molar-refractivity contribution is 5.53. The lowest BCUT2D eigenvalue weighted by Gasteiger charge is -2.27. The molecule has 0 unspecified atom stereocenters. The van der Waals surface area contributed by atoms with Gasteiger partial charge in [-0.05, 0) is 22.0 Å². The van der Waals surface area contributed by atoms with E-state index >= 15 is 0 Å². The van der Waals surface area contributed by atoms with E-state index in [-0.39, 0.29) is 10.8 Å². The molecule has 1 aliphatic heterocycles. The first-order chi connectivity index (χ1) is 7.71. The van der Waals surface area contributed by atoms with Gasteiger partial charge < -0.3 is 4.74 Å². The van der Waals surface area contributed by atoms with Crippen molar-refractivity contribution in [1.82, 2.24) is 0 Å². The lowest BCUT2D eigenvalue weighted by molar-refractivity contribution is 0.347. The molecule has 0 radical (unpaired) electrons. The van der Waals surface area contributed by atoms with E-state index < -0.39 is 0 Å². The second-order valence-corrected chi connectivity index (χ2v) is 7.07. The zero-order valence-electron chi connectivity index (χ0n) is 12.0. The van der Waals surface area contributed by atoms with Gasteiger partial charge in [-0.1, -0.05) is 53.7 Å². The van der Waals surface area contributed by atoms with Gasteiger partial charge in [-0.25, -0.2) is 0 Å². The van der Waals surface area contributed by atoms with Crippen molar-refractivity contribution >= 4 is 0 Å². The zero-order valence-corrected chi connectivity index (χ0v) is 12.0. The standard InChI is InChI=1S/C16H24O/c1-15(2,3)12-7-8-13(16(4,5)6)14-11(12)9-10-17-14/h7-8H,9-10H2,1-6H3. The van der Waals surface area contributed by atoms with Gasteiger partial charge in [0, 0.05) is 12.0 Å². The second-order valence-electron chi connectivity index (χ2n) is 7.07. The summed E-state index contributed by atoms with van der Waals surface area (Å²) < 4.78 is 5.89. The van der Waals surface area contributed by atoms with Gasteiger partial charge in [-0.2, -0.15) is 0 Å². The van der Waals surface area contributed by atoms with E-state index in [2.05, 4.69) is 53.7 Å². The number of fused-ring (bicyclic) bond motifs is 1. The van der Waals surface area contributed by atoms with Crippen LogP contribution in [0.4, 0.5) is 0 Å². The number of hydrogen-bond acceptors (Lipinski definition) is 1. The van der Waals surface area contributed by atoms with E-state index in [9.17, 15) is 0 Å². The molecule has 1 aromatic rings. The molecule has 0 N–H and O–H groups in total. The molecule has 1 aromatic carbocycles. The van der Waals surface area contributed by atoms with Crippen molar-refractivity contribution in [1.29, 1.82) is 0 Å². The summed E-state index contributed by atoms with van der Waals surface area (Å²) in [4.78, 5) is 0. The van der Waals surface area contributed by atoms with Crippen molar-refractivity contribution < 1.29 is 4.74 Å². The molecular formula is C16H24O. The molecule has 1 heterocycles. The van der Waals surface area contributed by atoms with Crippen LogP contribution in [0.1, 0.15) is 58.2 Å². The number of hydrogen-bond donors (Lipinski definition) is 0. The highest BCUT2D eigenvalue weighted by Crippen LogP contribution is 2.42. The summed E-state index contributed by atoms with van der Waals surface area (Å²) in [6.45, 7) is 14.4. The first kappa shape index (κ1) is 12.5. The van der Waals surface area contributed by atoms with Crippen LogP contribution >= 0.6 is 0 Å². The van der Waals surface area contributed by atoms with Gasteiger partial charge in [0.1, 0.15) is 5.75 Å². The Hall–Kier alpha value is -0.980. The third kappa shape index (κ3) is 2.20. The lowest BCUT2D eigenvalue weighted by atomic mass is 9.78. The van der Waals surface area contributed by atoms with Gasteiger partial charge >= 0.3 is 0 Å². The Morgan fingerprint density at radius 2 is 1.41 bits per heavy atom. The SMILES string of the molecule is CC(C)(C)c1ccc(C(C)(C)C)c2c1CCO2. The van der Waals surface area contributed by atoms with Gasteiger partial charge in [0.15, 0.2) is 0 Å². The molecule has 0 bridgehead atoms. The molecule has 2 rings (SSSR count). The largest absolute Gasteiger partial charge is 0.493 e. The summed E-state index contributed by atoms with van der Waals surface area (Å²) >= 11 is 0. The minimum absolute atomic E-state index is 0.158. The van der Waals surface area contributed by atoms with Crippen molar-refractivity contribution in [2.24, 2.45) is 0 Å². The summed E-state index contributed by atoms with van der Waals surface area (Å²) in [5.41, 5.74) is 4.58. The fourth-order valence-corrected chi connectivity index (χ4v) is 2.59. The maximum atomic E-state index is 5.89. The maximum Gasteiger partial charge on any atom is 0.126 e. The summed E-state index contributed by atoms with van der Waals surface area (Å²) in [5.74, 6) is 1.16. The average Bonchev–Trinajstić information content (AvgIpc) is 2.60. The van der Waals surface area contributed by atoms with Gasteiger partial charge in [-0.3, -0.25) is 0 Å². The second kappa shape index (κ2) is 3.76. The van der Waals surface area contributed by atoms with Crippen LogP contribution in [-0.4, -0.2) is 6.61 Å².